The van der Waals surface area contributed by atoms with Crippen molar-refractivity contribution in [2.45, 2.75) is 13.1 Å². The highest BCUT2D eigenvalue weighted by Gasteiger charge is 2.29. The van der Waals surface area contributed by atoms with Gasteiger partial charge in [-0.2, -0.15) is 5.10 Å². The molecule has 0 saturated heterocycles. The van der Waals surface area contributed by atoms with Crippen LogP contribution < -0.4 is 0 Å². The van der Waals surface area contributed by atoms with Gasteiger partial charge in [-0.05, 0) is 24.3 Å². The molecule has 1 amide bonds. The lowest BCUT2D eigenvalue weighted by Crippen LogP contribution is -2.25. The Morgan fingerprint density at radius 3 is 2.67 bits per heavy atom. The lowest BCUT2D eigenvalue weighted by atomic mass is 10.2. The fourth-order valence-corrected chi connectivity index (χ4v) is 3.61. The van der Waals surface area contributed by atoms with Crippen LogP contribution in [0.4, 0.5) is 0 Å². The van der Waals surface area contributed by atoms with Crippen LogP contribution in [-0.2, 0) is 13.1 Å². The van der Waals surface area contributed by atoms with Gasteiger partial charge in [-0.15, -0.1) is 11.3 Å². The third-order valence-electron chi connectivity index (χ3n) is 3.92. The molecule has 2 N–H and O–H groups in total. The van der Waals surface area contributed by atoms with E-state index in [9.17, 15) is 9.59 Å². The van der Waals surface area contributed by atoms with Crippen LogP contribution in [-0.4, -0.2) is 37.1 Å². The first kappa shape index (κ1) is 14.6. The van der Waals surface area contributed by atoms with Crippen molar-refractivity contribution < 1.29 is 14.7 Å². The monoisotopic (exact) mass is 340 g/mol. The second-order valence-corrected chi connectivity index (χ2v) is 6.48. The Bertz CT molecular complexity index is 932. The number of carboxylic acid groups (broad SMARTS) is 1. The van der Waals surface area contributed by atoms with Crippen molar-refractivity contribution in [2.75, 3.05) is 0 Å². The average molecular weight is 340 g/mol. The Morgan fingerprint density at radius 2 is 1.96 bits per heavy atom. The lowest BCUT2D eigenvalue weighted by Gasteiger charge is -2.15. The molecule has 0 bridgehead atoms. The number of nitrogens with zero attached hydrogens (tertiary/aromatic N) is 3. The number of aromatic carboxylic acids is 1. The summed E-state index contributed by atoms with van der Waals surface area (Å²) < 4.78 is 0. The van der Waals surface area contributed by atoms with Crippen molar-refractivity contribution in [1.29, 1.82) is 0 Å². The molecule has 4 heterocycles. The number of carbonyl (C=O) groups is 2. The van der Waals surface area contributed by atoms with E-state index in [0.717, 1.165) is 16.1 Å². The highest BCUT2D eigenvalue weighted by atomic mass is 32.1. The van der Waals surface area contributed by atoms with Crippen LogP contribution in [0.25, 0.3) is 10.6 Å². The summed E-state index contributed by atoms with van der Waals surface area (Å²) in [6.45, 7) is 0.906. The number of pyridine rings is 1. The molecule has 0 aliphatic carbocycles. The lowest BCUT2D eigenvalue weighted by molar-refractivity contribution is 0.0700. The average Bonchev–Trinajstić information content (AvgIpc) is 3.29. The standard InChI is InChI=1S/C16H12N4O3S/c21-15(9-3-5-17-6-4-9)20-7-10-11(8-20)18-19-14(10)12-1-2-13(24-12)16(22)23/h1-6H,7-8H2,(H,18,19)(H,22,23). The molecule has 3 aromatic rings. The first-order chi connectivity index (χ1) is 11.6. The summed E-state index contributed by atoms with van der Waals surface area (Å²) >= 11 is 1.18. The fourth-order valence-electron chi connectivity index (χ4n) is 2.74. The first-order valence-electron chi connectivity index (χ1n) is 7.22. The zero-order chi connectivity index (χ0) is 16.7. The maximum Gasteiger partial charge on any atom is 0.345 e. The first-order valence-corrected chi connectivity index (χ1v) is 8.04. The van der Waals surface area contributed by atoms with Gasteiger partial charge in [0.1, 0.15) is 10.6 Å². The van der Waals surface area contributed by atoms with Gasteiger partial charge in [-0.1, -0.05) is 0 Å². The second kappa shape index (κ2) is 5.57. The molecule has 4 rings (SSSR count). The summed E-state index contributed by atoms with van der Waals surface area (Å²) in [7, 11) is 0. The molecule has 24 heavy (non-hydrogen) atoms. The molecule has 0 fully saturated rings. The summed E-state index contributed by atoms with van der Waals surface area (Å²) in [6, 6.07) is 6.69. The molecule has 8 heteroatoms. The number of thiophene rings is 1. The highest BCUT2D eigenvalue weighted by molar-refractivity contribution is 7.17. The molecule has 0 aromatic carbocycles. The molecule has 0 saturated carbocycles. The van der Waals surface area contributed by atoms with Gasteiger partial charge in [0.25, 0.3) is 5.91 Å². The van der Waals surface area contributed by atoms with Gasteiger partial charge < -0.3 is 10.0 Å². The van der Waals surface area contributed by atoms with E-state index < -0.39 is 5.97 Å². The molecule has 7 nitrogen and oxygen atoms in total. The minimum atomic E-state index is -0.951. The van der Waals surface area contributed by atoms with Crippen molar-refractivity contribution in [2.24, 2.45) is 0 Å². The van der Waals surface area contributed by atoms with Crippen LogP contribution in [0, 0.1) is 0 Å². The second-order valence-electron chi connectivity index (χ2n) is 5.40. The number of aromatic nitrogens is 3. The number of carbonyl (C=O) groups excluding carboxylic acids is 1. The molecule has 3 aromatic heterocycles. The number of fused-ring (bicyclic) bond motifs is 1. The van der Waals surface area contributed by atoms with E-state index in [-0.39, 0.29) is 10.8 Å². The van der Waals surface area contributed by atoms with Crippen molar-refractivity contribution in [3.8, 4) is 10.6 Å². The number of carboxylic acids is 1. The number of hydrogen-bond donors (Lipinski definition) is 2. The van der Waals surface area contributed by atoms with Gasteiger partial charge >= 0.3 is 5.97 Å². The predicted molar refractivity (Wildman–Crippen MR) is 86.7 cm³/mol. The fraction of sp³-hybridized carbons (Fsp3) is 0.125. The van der Waals surface area contributed by atoms with Crippen LogP contribution >= 0.6 is 11.3 Å². The topological polar surface area (TPSA) is 99.2 Å². The summed E-state index contributed by atoms with van der Waals surface area (Å²) in [5.74, 6) is -1.02. The summed E-state index contributed by atoms with van der Waals surface area (Å²) in [5, 5.41) is 16.3. The summed E-state index contributed by atoms with van der Waals surface area (Å²) in [6.07, 6.45) is 3.18. The van der Waals surface area contributed by atoms with E-state index in [1.165, 1.54) is 11.3 Å². The van der Waals surface area contributed by atoms with Gasteiger partial charge in [-0.3, -0.25) is 14.9 Å². The molecular weight excluding hydrogens is 328 g/mol. The third kappa shape index (κ3) is 2.37. The number of aromatic amines is 1. The van der Waals surface area contributed by atoms with Crippen LogP contribution in [0.2, 0.25) is 0 Å². The van der Waals surface area contributed by atoms with E-state index in [0.29, 0.717) is 24.3 Å². The maximum atomic E-state index is 12.5. The maximum absolute atomic E-state index is 12.5. The number of hydrogen-bond acceptors (Lipinski definition) is 5. The minimum Gasteiger partial charge on any atom is -0.477 e. The van der Waals surface area contributed by atoms with E-state index in [4.69, 9.17) is 5.11 Å². The predicted octanol–water partition coefficient (Wildman–Crippen LogP) is 2.39. The Hall–Kier alpha value is -3.00. The quantitative estimate of drug-likeness (QED) is 0.763. The Balaban J connectivity index is 1.60. The number of amides is 1. The minimum absolute atomic E-state index is 0.0645. The van der Waals surface area contributed by atoms with Crippen LogP contribution in [0.5, 0.6) is 0 Å². The van der Waals surface area contributed by atoms with E-state index in [2.05, 4.69) is 15.2 Å². The van der Waals surface area contributed by atoms with Gasteiger partial charge in [0, 0.05) is 23.5 Å². The number of rotatable bonds is 3. The van der Waals surface area contributed by atoms with Gasteiger partial charge in [0.2, 0.25) is 0 Å². The van der Waals surface area contributed by atoms with Gasteiger partial charge in [0.15, 0.2) is 0 Å². The number of nitrogens with one attached hydrogen (secondary N) is 1. The molecule has 1 aliphatic heterocycles. The number of H-pyrrole nitrogens is 1. The SMILES string of the molecule is O=C(O)c1ccc(-c2n[nH]c3c2CN(C(=O)c2ccncc2)C3)s1. The molecule has 1 aliphatic rings. The Morgan fingerprint density at radius 1 is 1.17 bits per heavy atom. The van der Waals surface area contributed by atoms with Crippen LogP contribution in [0.15, 0.2) is 36.7 Å². The summed E-state index contributed by atoms with van der Waals surface area (Å²) in [5.41, 5.74) is 3.13. The molecule has 0 unspecified atom stereocenters. The largest absolute Gasteiger partial charge is 0.477 e. The Labute approximate surface area is 140 Å². The molecule has 0 atom stereocenters. The van der Waals surface area contributed by atoms with Crippen LogP contribution in [0.1, 0.15) is 31.3 Å². The van der Waals surface area contributed by atoms with E-state index >= 15 is 0 Å². The van der Waals surface area contributed by atoms with Gasteiger partial charge in [0.05, 0.1) is 23.7 Å². The summed E-state index contributed by atoms with van der Waals surface area (Å²) in [4.78, 5) is 30.3. The third-order valence-corrected chi connectivity index (χ3v) is 5.00. The Kier molecular flexibility index (Phi) is 3.39. The van der Waals surface area contributed by atoms with Crippen molar-refractivity contribution in [3.05, 3.63) is 58.4 Å². The van der Waals surface area contributed by atoms with Crippen LogP contribution in [0.3, 0.4) is 0 Å². The van der Waals surface area contributed by atoms with Crippen molar-refractivity contribution >= 4 is 23.2 Å². The molecular formula is C16H12N4O3S. The van der Waals surface area contributed by atoms with Gasteiger partial charge in [-0.25, -0.2) is 4.79 Å². The normalized spacial score (nSPS) is 13.1. The highest BCUT2D eigenvalue weighted by Crippen LogP contribution is 2.35. The zero-order valence-electron chi connectivity index (χ0n) is 12.4. The molecule has 120 valence electrons. The van der Waals surface area contributed by atoms with E-state index in [1.54, 1.807) is 41.6 Å². The smallest absolute Gasteiger partial charge is 0.345 e. The van der Waals surface area contributed by atoms with Crippen molar-refractivity contribution in [1.82, 2.24) is 20.1 Å². The van der Waals surface area contributed by atoms with E-state index in [1.807, 2.05) is 0 Å². The molecule has 0 spiro atoms. The van der Waals surface area contributed by atoms with Crippen molar-refractivity contribution in [3.63, 3.8) is 0 Å². The zero-order valence-corrected chi connectivity index (χ0v) is 13.2. The molecule has 0 radical (unpaired) electrons.